The van der Waals surface area contributed by atoms with Crippen molar-refractivity contribution in [2.75, 3.05) is 32.8 Å². The molecule has 0 aromatic rings. The highest BCUT2D eigenvalue weighted by atomic mass is 16.5. The Balaban J connectivity index is 1.85. The van der Waals surface area contributed by atoms with Crippen LogP contribution in [0.4, 0.5) is 4.79 Å². The highest BCUT2D eigenvalue weighted by Gasteiger charge is 2.28. The van der Waals surface area contributed by atoms with Gasteiger partial charge in [0.15, 0.2) is 0 Å². The van der Waals surface area contributed by atoms with E-state index in [1.807, 2.05) is 16.7 Å². The van der Waals surface area contributed by atoms with Crippen LogP contribution in [0, 0.1) is 0 Å². The quantitative estimate of drug-likeness (QED) is 0.718. The normalized spacial score (nSPS) is 26.2. The predicted octanol–water partition coefficient (Wildman–Crippen LogP) is 1.70. The summed E-state index contributed by atoms with van der Waals surface area (Å²) in [6.07, 6.45) is 4.75. The molecule has 2 heterocycles. The van der Waals surface area contributed by atoms with Crippen LogP contribution in [-0.2, 0) is 4.74 Å². The van der Waals surface area contributed by atoms with E-state index in [2.05, 4.69) is 0 Å². The molecule has 2 aliphatic heterocycles. The standard InChI is InChI=1S/C12H22N2O2/c1-2-16-11-6-5-9-14(10-11)12(15)13-7-3-4-8-13/h11H,2-10H2,1H3. The third-order valence-electron chi connectivity index (χ3n) is 3.43. The highest BCUT2D eigenvalue weighted by Crippen LogP contribution is 2.17. The Hall–Kier alpha value is -0.770. The third-order valence-corrected chi connectivity index (χ3v) is 3.43. The van der Waals surface area contributed by atoms with Crippen LogP contribution in [0.5, 0.6) is 0 Å². The van der Waals surface area contributed by atoms with Gasteiger partial charge in [0.1, 0.15) is 0 Å². The molecule has 4 heteroatoms. The van der Waals surface area contributed by atoms with Gasteiger partial charge in [0.25, 0.3) is 0 Å². The summed E-state index contributed by atoms with van der Waals surface area (Å²) >= 11 is 0. The summed E-state index contributed by atoms with van der Waals surface area (Å²) in [5.41, 5.74) is 0. The fourth-order valence-electron chi connectivity index (χ4n) is 2.59. The van der Waals surface area contributed by atoms with E-state index in [0.29, 0.717) is 0 Å². The van der Waals surface area contributed by atoms with Crippen LogP contribution in [0.15, 0.2) is 0 Å². The van der Waals surface area contributed by atoms with E-state index in [1.54, 1.807) is 0 Å². The van der Waals surface area contributed by atoms with Crippen LogP contribution in [0.1, 0.15) is 32.6 Å². The van der Waals surface area contributed by atoms with Gasteiger partial charge in [-0.1, -0.05) is 0 Å². The smallest absolute Gasteiger partial charge is 0.320 e. The van der Waals surface area contributed by atoms with Gasteiger partial charge in [0, 0.05) is 32.8 Å². The van der Waals surface area contributed by atoms with Crippen LogP contribution in [-0.4, -0.2) is 54.7 Å². The summed E-state index contributed by atoms with van der Waals surface area (Å²) in [5, 5.41) is 0. The highest BCUT2D eigenvalue weighted by molar-refractivity contribution is 5.74. The molecule has 4 nitrogen and oxygen atoms in total. The molecule has 0 N–H and O–H groups in total. The minimum atomic E-state index is 0.224. The second-order valence-corrected chi connectivity index (χ2v) is 4.64. The van der Waals surface area contributed by atoms with E-state index in [0.717, 1.165) is 58.5 Å². The van der Waals surface area contributed by atoms with Crippen LogP contribution >= 0.6 is 0 Å². The summed E-state index contributed by atoms with van der Waals surface area (Å²) in [4.78, 5) is 16.1. The van der Waals surface area contributed by atoms with Gasteiger partial charge in [0.05, 0.1) is 6.10 Å². The van der Waals surface area contributed by atoms with Crippen LogP contribution < -0.4 is 0 Å². The molecule has 1 unspecified atom stereocenters. The van der Waals surface area contributed by atoms with Crippen molar-refractivity contribution >= 4 is 6.03 Å². The Morgan fingerprint density at radius 3 is 2.56 bits per heavy atom. The third kappa shape index (κ3) is 2.67. The zero-order valence-electron chi connectivity index (χ0n) is 10.2. The zero-order chi connectivity index (χ0) is 11.4. The Kier molecular flexibility index (Phi) is 4.04. The molecule has 2 rings (SSSR count). The van der Waals surface area contributed by atoms with Crippen molar-refractivity contribution in [1.82, 2.24) is 9.80 Å². The van der Waals surface area contributed by atoms with Crippen molar-refractivity contribution in [2.24, 2.45) is 0 Å². The molecule has 16 heavy (non-hydrogen) atoms. The van der Waals surface area contributed by atoms with E-state index < -0.39 is 0 Å². The van der Waals surface area contributed by atoms with Gasteiger partial charge < -0.3 is 14.5 Å². The van der Waals surface area contributed by atoms with Crippen molar-refractivity contribution in [3.8, 4) is 0 Å². The van der Waals surface area contributed by atoms with Gasteiger partial charge in [-0.3, -0.25) is 0 Å². The van der Waals surface area contributed by atoms with E-state index in [9.17, 15) is 4.79 Å². The second-order valence-electron chi connectivity index (χ2n) is 4.64. The molecule has 0 saturated carbocycles. The van der Waals surface area contributed by atoms with Gasteiger partial charge in [0.2, 0.25) is 0 Å². The first-order chi connectivity index (χ1) is 7.81. The fourth-order valence-corrected chi connectivity index (χ4v) is 2.59. The van der Waals surface area contributed by atoms with Gasteiger partial charge in [-0.05, 0) is 32.6 Å². The van der Waals surface area contributed by atoms with Crippen molar-refractivity contribution in [2.45, 2.75) is 38.7 Å². The Morgan fingerprint density at radius 1 is 1.19 bits per heavy atom. The molecule has 2 amide bonds. The summed E-state index contributed by atoms with van der Waals surface area (Å²) in [5.74, 6) is 0. The lowest BCUT2D eigenvalue weighted by molar-refractivity contribution is 0.0125. The fraction of sp³-hybridized carbons (Fsp3) is 0.917. The zero-order valence-corrected chi connectivity index (χ0v) is 10.2. The molecule has 2 aliphatic rings. The molecule has 0 aliphatic carbocycles. The number of rotatable bonds is 2. The number of carbonyl (C=O) groups is 1. The molecule has 0 aromatic carbocycles. The minimum absolute atomic E-state index is 0.224. The Morgan fingerprint density at radius 2 is 1.88 bits per heavy atom. The van der Waals surface area contributed by atoms with Crippen LogP contribution in [0.2, 0.25) is 0 Å². The number of carbonyl (C=O) groups excluding carboxylic acids is 1. The lowest BCUT2D eigenvalue weighted by Crippen LogP contribution is -2.48. The van der Waals surface area contributed by atoms with Gasteiger partial charge >= 0.3 is 6.03 Å². The molecule has 0 radical (unpaired) electrons. The molecule has 1 atom stereocenters. The molecule has 2 saturated heterocycles. The van der Waals surface area contributed by atoms with Crippen molar-refractivity contribution in [1.29, 1.82) is 0 Å². The maximum absolute atomic E-state index is 12.1. The summed E-state index contributed by atoms with van der Waals surface area (Å²) < 4.78 is 5.61. The SMILES string of the molecule is CCOC1CCCN(C(=O)N2CCCC2)C1. The van der Waals surface area contributed by atoms with Crippen LogP contribution in [0.3, 0.4) is 0 Å². The van der Waals surface area contributed by atoms with Crippen molar-refractivity contribution in [3.05, 3.63) is 0 Å². The largest absolute Gasteiger partial charge is 0.377 e. The number of urea groups is 1. The average molecular weight is 226 g/mol. The number of piperidine rings is 1. The first-order valence-electron chi connectivity index (χ1n) is 6.46. The Bertz CT molecular complexity index is 237. The van der Waals surface area contributed by atoms with Gasteiger partial charge in [-0.25, -0.2) is 4.79 Å². The van der Waals surface area contributed by atoms with Crippen molar-refractivity contribution in [3.63, 3.8) is 0 Å². The van der Waals surface area contributed by atoms with Crippen LogP contribution in [0.25, 0.3) is 0 Å². The number of amides is 2. The first kappa shape index (κ1) is 11.7. The number of hydrogen-bond donors (Lipinski definition) is 0. The minimum Gasteiger partial charge on any atom is -0.377 e. The topological polar surface area (TPSA) is 32.8 Å². The van der Waals surface area contributed by atoms with Gasteiger partial charge in [-0.2, -0.15) is 0 Å². The molecule has 0 aromatic heterocycles. The summed E-state index contributed by atoms with van der Waals surface area (Å²) in [6, 6.07) is 0.224. The van der Waals surface area contributed by atoms with E-state index in [4.69, 9.17) is 4.74 Å². The number of hydrogen-bond acceptors (Lipinski definition) is 2. The van der Waals surface area contributed by atoms with E-state index >= 15 is 0 Å². The van der Waals surface area contributed by atoms with Crippen molar-refractivity contribution < 1.29 is 9.53 Å². The molecular formula is C12H22N2O2. The molecular weight excluding hydrogens is 204 g/mol. The van der Waals surface area contributed by atoms with Gasteiger partial charge in [-0.15, -0.1) is 0 Å². The molecule has 92 valence electrons. The molecule has 2 fully saturated rings. The summed E-state index contributed by atoms with van der Waals surface area (Å²) in [7, 11) is 0. The predicted molar refractivity (Wildman–Crippen MR) is 62.4 cm³/mol. The number of nitrogens with zero attached hydrogens (tertiary/aromatic N) is 2. The van der Waals surface area contributed by atoms with E-state index in [1.165, 1.54) is 0 Å². The maximum atomic E-state index is 12.1. The molecule has 0 spiro atoms. The lowest BCUT2D eigenvalue weighted by atomic mass is 10.1. The second kappa shape index (κ2) is 5.53. The first-order valence-corrected chi connectivity index (χ1v) is 6.46. The monoisotopic (exact) mass is 226 g/mol. The number of ether oxygens (including phenoxy) is 1. The summed E-state index contributed by atoms with van der Waals surface area (Å²) in [6.45, 7) is 6.32. The maximum Gasteiger partial charge on any atom is 0.320 e. The van der Waals surface area contributed by atoms with E-state index in [-0.39, 0.29) is 12.1 Å². The number of likely N-dealkylation sites (tertiary alicyclic amines) is 2. The lowest BCUT2D eigenvalue weighted by Gasteiger charge is -2.34. The average Bonchev–Trinajstić information content (AvgIpc) is 2.82. The Labute approximate surface area is 97.5 Å². The molecule has 0 bridgehead atoms.